The SMILES string of the molecule is C.C.C[C@@H]1CC(=O)[C@@H](N(C)C(=O)[C@H](CCCCN)CC(=O)c2ccc(-c3ccc(Cl)cc3)cc2)c2ccc(O)c(c2)-c2cc(ccc2O)C[C@@H](C(=O)C[C@@H](C)C(=O)N(C)[C@H]2CCNC2=O)NC1=O.C[C@@H]1CC(=O)[C@@H](N(C)C(=O)[C@H](CCCCNC(=O)OC(C)(C)C)CC(=O)c2ccc(-c3ccc(Cl)cc3)cc2)c2ccc(OC(=O)OC(C)(C)C)c(c2)-c2cc(ccc2OC(=O)OC(C)(C)C)C[C@@H](C(=O)O)NC1=O. The van der Waals surface area contributed by atoms with Crippen LogP contribution in [0.1, 0.15) is 230 Å². The maximum absolute atomic E-state index is 15.2. The van der Waals surface area contributed by atoms with Crippen molar-refractivity contribution >= 4 is 112 Å². The Morgan fingerprint density at radius 1 is 0.469 bits per heavy atom. The van der Waals surface area contributed by atoms with Crippen molar-refractivity contribution in [1.82, 2.24) is 36.0 Å². The van der Waals surface area contributed by atoms with Crippen molar-refractivity contribution < 1.29 is 111 Å². The molecule has 0 saturated carbocycles. The summed E-state index contributed by atoms with van der Waals surface area (Å²) in [5.41, 5.74) is 9.18. The van der Waals surface area contributed by atoms with Gasteiger partial charge in [-0.2, -0.15) is 0 Å². The van der Waals surface area contributed by atoms with Gasteiger partial charge in [-0.05, 0) is 225 Å². The molecule has 0 unspecified atom stereocenters. The van der Waals surface area contributed by atoms with Crippen molar-refractivity contribution in [2.75, 3.05) is 40.8 Å². The van der Waals surface area contributed by atoms with Crippen LogP contribution in [0.15, 0.2) is 170 Å². The number of rotatable bonds is 29. The normalized spacial score (nSPS) is 17.6. The number of nitrogens with two attached hydrogens (primary N) is 1. The molecule has 10 atom stereocenters. The molecule has 8 bridgehead atoms. The number of carboxylic acids is 1. The van der Waals surface area contributed by atoms with E-state index in [0.717, 1.165) is 22.3 Å². The number of halogens is 2. The number of carbonyl (C=O) groups is 15. The number of Topliss-reactive ketones (excluding diaryl/α,β-unsaturated/α-hetero) is 5. The van der Waals surface area contributed by atoms with E-state index < -0.39 is 154 Å². The molecule has 8 aromatic carbocycles. The molecule has 9 N–H and O–H groups in total. The van der Waals surface area contributed by atoms with E-state index in [9.17, 15) is 82.4 Å². The molecule has 7 amide bonds. The molecule has 8 aromatic rings. The zero-order valence-corrected chi connectivity index (χ0v) is 83.7. The lowest BCUT2D eigenvalue weighted by molar-refractivity contribution is -0.144. The highest BCUT2D eigenvalue weighted by molar-refractivity contribution is 6.31. The molecule has 31 nitrogen and oxygen atoms in total. The smallest absolute Gasteiger partial charge is 0.507 e. The first kappa shape index (κ1) is 115. The van der Waals surface area contributed by atoms with Gasteiger partial charge >= 0.3 is 24.4 Å². The Morgan fingerprint density at radius 2 is 0.860 bits per heavy atom. The highest BCUT2D eigenvalue weighted by Gasteiger charge is 2.42. The van der Waals surface area contributed by atoms with Crippen molar-refractivity contribution in [3.63, 3.8) is 0 Å². The Hall–Kier alpha value is -13.7. The lowest BCUT2D eigenvalue weighted by Crippen LogP contribution is -2.48. The summed E-state index contributed by atoms with van der Waals surface area (Å²) in [5, 5.41) is 44.7. The number of likely N-dealkylation sites (N-methyl/N-ethyl adjacent to an activating group) is 3. The number of hydrogen-bond acceptors (Lipinski definition) is 23. The predicted molar refractivity (Wildman–Crippen MR) is 544 cm³/mol. The fraction of sp³-hybridized carbons (Fsp3) is 0.427. The minimum Gasteiger partial charge on any atom is -0.507 e. The van der Waals surface area contributed by atoms with Crippen molar-refractivity contribution in [2.45, 2.75) is 235 Å². The Morgan fingerprint density at radius 3 is 1.30 bits per heavy atom. The number of aromatic hydroxyl groups is 2. The van der Waals surface area contributed by atoms with Crippen LogP contribution in [0.5, 0.6) is 23.0 Å². The van der Waals surface area contributed by atoms with E-state index in [1.807, 2.05) is 36.4 Å². The number of ketones is 5. The number of phenolic OH excluding ortho intramolecular Hbond substituents is 2. The van der Waals surface area contributed by atoms with Crippen molar-refractivity contribution in [3.8, 4) is 67.5 Å². The molecule has 33 heteroatoms. The van der Waals surface area contributed by atoms with E-state index in [1.165, 1.54) is 103 Å². The zero-order chi connectivity index (χ0) is 103. The van der Waals surface area contributed by atoms with Gasteiger partial charge in [0.15, 0.2) is 28.9 Å². The number of benzene rings is 8. The van der Waals surface area contributed by atoms with E-state index in [4.69, 9.17) is 52.6 Å². The van der Waals surface area contributed by atoms with Gasteiger partial charge in [0.05, 0.1) is 6.04 Å². The van der Waals surface area contributed by atoms with Gasteiger partial charge in [0.25, 0.3) is 0 Å². The van der Waals surface area contributed by atoms with E-state index in [-0.39, 0.29) is 135 Å². The van der Waals surface area contributed by atoms with Crippen LogP contribution in [0.3, 0.4) is 0 Å². The van der Waals surface area contributed by atoms with Crippen LogP contribution < -0.4 is 36.5 Å². The Balaban J connectivity index is 0.000000347. The van der Waals surface area contributed by atoms with Gasteiger partial charge < -0.3 is 80.7 Å². The van der Waals surface area contributed by atoms with Gasteiger partial charge in [-0.3, -0.25) is 52.7 Å². The molecule has 3 aliphatic rings. The monoisotopic (exact) mass is 2000 g/mol. The van der Waals surface area contributed by atoms with Gasteiger partial charge in [-0.1, -0.05) is 169 Å². The lowest BCUT2D eigenvalue weighted by Gasteiger charge is -2.32. The number of alkyl carbamates (subject to hydrolysis) is 1. The first-order valence-electron chi connectivity index (χ1n) is 47.1. The predicted octanol–water partition coefficient (Wildman–Crippen LogP) is 18.6. The van der Waals surface area contributed by atoms with E-state index in [2.05, 4.69) is 21.3 Å². The molecule has 143 heavy (non-hydrogen) atoms. The lowest BCUT2D eigenvalue weighted by atomic mass is 9.87. The van der Waals surface area contributed by atoms with Gasteiger partial charge in [0, 0.05) is 146 Å². The summed E-state index contributed by atoms with van der Waals surface area (Å²) < 4.78 is 27.9. The molecule has 1 saturated heterocycles. The summed E-state index contributed by atoms with van der Waals surface area (Å²) in [4.78, 5) is 211. The molecule has 0 aliphatic carbocycles. The number of nitrogens with one attached hydrogen (secondary N) is 4. The number of aliphatic carboxylic acids is 1. The number of phenols is 2. The molecular weight excluding hydrogens is 1870 g/mol. The van der Waals surface area contributed by atoms with Crippen LogP contribution >= 0.6 is 23.2 Å². The third-order valence-electron chi connectivity index (χ3n) is 24.4. The van der Waals surface area contributed by atoms with Crippen LogP contribution in [0.2, 0.25) is 10.0 Å². The Labute approximate surface area is 845 Å². The third-order valence-corrected chi connectivity index (χ3v) is 24.9. The van der Waals surface area contributed by atoms with Gasteiger partial charge in [0.1, 0.15) is 64.0 Å². The number of nitrogens with zero attached hydrogens (tertiary/aromatic N) is 3. The molecule has 3 heterocycles. The van der Waals surface area contributed by atoms with Crippen LogP contribution in [0, 0.1) is 29.6 Å². The molecule has 0 radical (unpaired) electrons. The summed E-state index contributed by atoms with van der Waals surface area (Å²) in [5.74, 6) is -12.2. The molecule has 3 aliphatic heterocycles. The Bertz CT molecular complexity index is 5950. The molecule has 0 spiro atoms. The Kier molecular flexibility index (Phi) is 40.7. The van der Waals surface area contributed by atoms with Crippen LogP contribution in [-0.2, 0) is 75.0 Å². The zero-order valence-electron chi connectivity index (χ0n) is 82.1. The number of ether oxygens (including phenoxy) is 5. The quantitative estimate of drug-likeness (QED) is 0.00709. The average Bonchev–Trinajstić information content (AvgIpc) is 1.01. The van der Waals surface area contributed by atoms with Gasteiger partial charge in [-0.15, -0.1) is 0 Å². The summed E-state index contributed by atoms with van der Waals surface area (Å²) >= 11 is 12.2. The molecule has 766 valence electrons. The summed E-state index contributed by atoms with van der Waals surface area (Å²) in [7, 11) is 4.40. The summed E-state index contributed by atoms with van der Waals surface area (Å²) in [6, 6.07) is 40.1. The fourth-order valence-corrected chi connectivity index (χ4v) is 17.3. The van der Waals surface area contributed by atoms with Crippen molar-refractivity contribution in [1.29, 1.82) is 0 Å². The highest BCUT2D eigenvalue weighted by Crippen LogP contribution is 2.44. The number of carboxylic acid groups (broad SMARTS) is 1. The standard InChI is InChI=1S/C57H68ClN3O14.C51H58ClN5O9.2CH4/c1-33-28-45(63)48(61(11)50(65)39(14-12-13-27-59-52(68)73-55(2,3)4)32-44(62)37-18-16-35(17-19-37)36-20-23-40(58)24-21-36)38-22-26-47(72-54(70)75-57(8,9)10)42(31-38)41-29-34(30-43(51(66)67)60-49(33)64)15-25-46(41)71-53(69)74-56(5,6)7;1-29-23-46(62)47(57(4)51(66)36(7-5-6-21-53)28-44(60)34-11-9-32(10-12-34)33-13-16-37(52)17-14-33)35-15-19-43(59)39(27-35)38-25-31(8-18-42(38)58)26-40(55-48(29)63)45(61)24-30(2)50(65)56(3)41-20-22-54-49(41)64;;/h15-26,29,31,33,39,43,48H,12-14,27-28,30,32H2,1-11H3,(H,59,68)(H,60,64)(H,66,67);8-19,25,27,29-30,36,40-41,47,58-59H,5-7,20-24,26,28,53H2,1-4H3,(H,54,64)(H,55,63);2*1H4/t33-,39-,43+,48+;29-,30-,36-,40+,41+,47+;;/m11../s1. The largest absolute Gasteiger partial charge is 0.514 e. The second-order valence-electron chi connectivity index (χ2n) is 39.2. The third kappa shape index (κ3) is 32.2. The van der Waals surface area contributed by atoms with Crippen LogP contribution in [-0.4, -0.2) is 194 Å². The maximum atomic E-state index is 15.2. The number of amides is 7. The van der Waals surface area contributed by atoms with Gasteiger partial charge in [-0.25, -0.2) is 19.2 Å². The number of carbonyl (C=O) groups excluding carboxylic acids is 14. The second kappa shape index (κ2) is 50.8. The number of fused-ring (bicyclic) bond motifs is 10. The van der Waals surface area contributed by atoms with E-state index >= 15 is 4.79 Å². The van der Waals surface area contributed by atoms with E-state index in [0.29, 0.717) is 89.5 Å². The first-order chi connectivity index (χ1) is 66.4. The molecule has 11 rings (SSSR count). The molecule has 1 fully saturated rings. The van der Waals surface area contributed by atoms with Crippen molar-refractivity contribution in [2.24, 2.45) is 35.3 Å². The average molecular weight is 2010 g/mol. The number of hydrogen-bond donors (Lipinski definition) is 8. The number of unbranched alkanes of at least 4 members (excludes halogenated alkanes) is 2. The fourth-order valence-electron chi connectivity index (χ4n) is 17.1. The van der Waals surface area contributed by atoms with Crippen molar-refractivity contribution in [3.05, 3.63) is 213 Å². The maximum Gasteiger partial charge on any atom is 0.514 e. The minimum absolute atomic E-state index is 0. The van der Waals surface area contributed by atoms with Gasteiger partial charge in [0.2, 0.25) is 35.4 Å². The van der Waals surface area contributed by atoms with E-state index in [1.54, 1.807) is 149 Å². The summed E-state index contributed by atoms with van der Waals surface area (Å²) in [6.07, 6.45) is -1.82. The molecular formula is C110H134Cl2N8O23. The first-order valence-corrected chi connectivity index (χ1v) is 47.9. The second-order valence-corrected chi connectivity index (χ2v) is 40.1. The highest BCUT2D eigenvalue weighted by atomic mass is 35.5. The topological polar surface area (TPSA) is 447 Å². The summed E-state index contributed by atoms with van der Waals surface area (Å²) in [6.45, 7) is 20.7. The molecule has 0 aromatic heterocycles. The van der Waals surface area contributed by atoms with Crippen LogP contribution in [0.4, 0.5) is 14.4 Å². The minimum atomic E-state index is -1.49. The van der Waals surface area contributed by atoms with Crippen LogP contribution in [0.25, 0.3) is 44.5 Å².